The van der Waals surface area contributed by atoms with Crippen molar-refractivity contribution in [3.8, 4) is 0 Å². The van der Waals surface area contributed by atoms with E-state index in [4.69, 9.17) is 0 Å². The fourth-order valence-electron chi connectivity index (χ4n) is 3.87. The van der Waals surface area contributed by atoms with Gasteiger partial charge in [-0.25, -0.2) is 8.78 Å². The molecule has 1 aromatic carbocycles. The maximum atomic E-state index is 14.2. The van der Waals surface area contributed by atoms with Crippen LogP contribution in [-0.4, -0.2) is 81.1 Å². The lowest BCUT2D eigenvalue weighted by Gasteiger charge is -2.31. The van der Waals surface area contributed by atoms with Crippen LogP contribution in [0.5, 0.6) is 0 Å². The zero-order valence-corrected chi connectivity index (χ0v) is 19.9. The minimum Gasteiger partial charge on any atom is -0.354 e. The van der Waals surface area contributed by atoms with Crippen LogP contribution in [0, 0.1) is 11.6 Å². The second-order valence-corrected chi connectivity index (χ2v) is 7.35. The topological polar surface area (TPSA) is 34.1 Å². The van der Waals surface area contributed by atoms with Crippen LogP contribution in [0.4, 0.5) is 8.78 Å². The Balaban J connectivity index is 0.00000392. The number of aliphatic imine (C=N–C) groups is 1. The Kier molecular flexibility index (Phi) is 10.6. The molecule has 1 aliphatic rings. The smallest absolute Gasteiger partial charge is 0.193 e. The summed E-state index contributed by atoms with van der Waals surface area (Å²) in [7, 11) is 7.39. The van der Waals surface area contributed by atoms with Crippen molar-refractivity contribution in [2.75, 3.05) is 54.4 Å². The molecule has 1 fully saturated rings. The summed E-state index contributed by atoms with van der Waals surface area (Å²) in [5.74, 6) is -0.312. The number of halogens is 3. The second kappa shape index (κ2) is 11.9. The predicted molar refractivity (Wildman–Crippen MR) is 122 cm³/mol. The van der Waals surface area contributed by atoms with Crippen molar-refractivity contribution < 1.29 is 8.78 Å². The average molecular weight is 509 g/mol. The summed E-state index contributed by atoms with van der Waals surface area (Å²) < 4.78 is 28.5. The molecule has 1 heterocycles. The first kappa shape index (κ1) is 25.0. The largest absolute Gasteiger partial charge is 0.354 e. The molecule has 1 N–H and O–H groups in total. The number of likely N-dealkylation sites (N-methyl/N-ethyl adjacent to an activating group) is 3. The highest BCUT2D eigenvalue weighted by atomic mass is 127. The number of nitrogens with zero attached hydrogens (tertiary/aromatic N) is 4. The predicted octanol–water partition coefficient (Wildman–Crippen LogP) is 3.18. The highest BCUT2D eigenvalue weighted by molar-refractivity contribution is 14.0. The Morgan fingerprint density at radius 1 is 1.29 bits per heavy atom. The van der Waals surface area contributed by atoms with Gasteiger partial charge in [0.05, 0.1) is 6.04 Å². The Hall–Kier alpha value is -1.000. The lowest BCUT2D eigenvalue weighted by atomic mass is 10.0. The van der Waals surface area contributed by atoms with E-state index in [1.807, 2.05) is 26.0 Å². The van der Waals surface area contributed by atoms with E-state index in [-0.39, 0.29) is 29.5 Å². The van der Waals surface area contributed by atoms with Crippen molar-refractivity contribution in [3.05, 3.63) is 35.4 Å². The van der Waals surface area contributed by atoms with E-state index in [9.17, 15) is 8.78 Å². The van der Waals surface area contributed by atoms with Gasteiger partial charge in [0.25, 0.3) is 0 Å². The van der Waals surface area contributed by atoms with Gasteiger partial charge < -0.3 is 15.1 Å². The van der Waals surface area contributed by atoms with E-state index >= 15 is 0 Å². The molecule has 2 unspecified atom stereocenters. The maximum absolute atomic E-state index is 14.2. The number of nitrogens with one attached hydrogen (secondary N) is 1. The van der Waals surface area contributed by atoms with Gasteiger partial charge in [0.1, 0.15) is 11.6 Å². The third kappa shape index (κ3) is 6.25. The average Bonchev–Trinajstić information content (AvgIpc) is 3.07. The van der Waals surface area contributed by atoms with Gasteiger partial charge in [-0.15, -0.1) is 24.0 Å². The van der Waals surface area contributed by atoms with Crippen LogP contribution >= 0.6 is 24.0 Å². The highest BCUT2D eigenvalue weighted by Gasteiger charge is 2.26. The Morgan fingerprint density at radius 2 is 1.93 bits per heavy atom. The van der Waals surface area contributed by atoms with E-state index in [2.05, 4.69) is 27.0 Å². The summed E-state index contributed by atoms with van der Waals surface area (Å²) in [6.07, 6.45) is 2.42. The van der Waals surface area contributed by atoms with Crippen molar-refractivity contribution in [2.45, 2.75) is 31.8 Å². The van der Waals surface area contributed by atoms with E-state index in [0.29, 0.717) is 12.6 Å². The molecule has 5 nitrogen and oxygen atoms in total. The SMILES string of the molecule is CCN1CCCC1CN(C)C(=NC)NCC(c1c(F)cccc1F)N(C)C.I. The molecule has 0 amide bonds. The zero-order valence-electron chi connectivity index (χ0n) is 17.6. The van der Waals surface area contributed by atoms with E-state index in [1.165, 1.54) is 31.0 Å². The summed E-state index contributed by atoms with van der Waals surface area (Å²) in [6.45, 7) is 5.64. The molecule has 1 aliphatic heterocycles. The van der Waals surface area contributed by atoms with Gasteiger partial charge in [-0.05, 0) is 52.2 Å². The van der Waals surface area contributed by atoms with Gasteiger partial charge in [-0.2, -0.15) is 0 Å². The van der Waals surface area contributed by atoms with E-state index in [0.717, 1.165) is 25.6 Å². The number of benzene rings is 1. The van der Waals surface area contributed by atoms with Gasteiger partial charge >= 0.3 is 0 Å². The molecule has 8 heteroatoms. The van der Waals surface area contributed by atoms with Crippen molar-refractivity contribution in [3.63, 3.8) is 0 Å². The quantitative estimate of drug-likeness (QED) is 0.348. The Bertz CT molecular complexity index is 621. The second-order valence-electron chi connectivity index (χ2n) is 7.35. The highest BCUT2D eigenvalue weighted by Crippen LogP contribution is 2.24. The number of likely N-dealkylation sites (tertiary alicyclic amines) is 1. The van der Waals surface area contributed by atoms with Crippen LogP contribution in [-0.2, 0) is 0 Å². The van der Waals surface area contributed by atoms with Crippen LogP contribution in [0.15, 0.2) is 23.2 Å². The third-order valence-corrected chi connectivity index (χ3v) is 5.37. The van der Waals surface area contributed by atoms with Crippen molar-refractivity contribution >= 4 is 29.9 Å². The van der Waals surface area contributed by atoms with Crippen molar-refractivity contribution in [2.24, 2.45) is 4.99 Å². The molecule has 28 heavy (non-hydrogen) atoms. The molecule has 1 aromatic rings. The normalized spacial score (nSPS) is 18.9. The first-order valence-corrected chi connectivity index (χ1v) is 9.65. The van der Waals surface area contributed by atoms with Crippen LogP contribution in [0.1, 0.15) is 31.4 Å². The molecule has 0 bridgehead atoms. The monoisotopic (exact) mass is 509 g/mol. The summed E-state index contributed by atoms with van der Waals surface area (Å²) in [5, 5.41) is 3.29. The van der Waals surface area contributed by atoms with Gasteiger partial charge in [0, 0.05) is 38.8 Å². The first-order chi connectivity index (χ1) is 12.9. The van der Waals surface area contributed by atoms with E-state index in [1.54, 1.807) is 7.05 Å². The molecule has 0 aliphatic carbocycles. The summed E-state index contributed by atoms with van der Waals surface area (Å²) in [4.78, 5) is 10.8. The Labute approximate surface area is 185 Å². The number of rotatable bonds is 7. The van der Waals surface area contributed by atoms with Crippen LogP contribution in [0.3, 0.4) is 0 Å². The standard InChI is InChI=1S/C20H33F2N5.HI/c1-6-27-12-8-9-15(27)14-26(5)20(23-2)24-13-18(25(3)4)19-16(21)10-7-11-17(19)22;/h7,10-11,15,18H,6,8-9,12-14H2,1-5H3,(H,23,24);1H. The molecule has 2 atom stereocenters. The molecule has 0 saturated carbocycles. The summed E-state index contributed by atoms with van der Waals surface area (Å²) in [5.41, 5.74) is 0.0843. The van der Waals surface area contributed by atoms with Crippen molar-refractivity contribution in [1.82, 2.24) is 20.0 Å². The van der Waals surface area contributed by atoms with Crippen LogP contribution in [0.25, 0.3) is 0 Å². The summed E-state index contributed by atoms with van der Waals surface area (Å²) >= 11 is 0. The van der Waals surface area contributed by atoms with Crippen LogP contribution < -0.4 is 5.32 Å². The number of hydrogen-bond donors (Lipinski definition) is 1. The van der Waals surface area contributed by atoms with Crippen molar-refractivity contribution in [1.29, 1.82) is 0 Å². The maximum Gasteiger partial charge on any atom is 0.193 e. The third-order valence-electron chi connectivity index (χ3n) is 5.37. The molecule has 0 radical (unpaired) electrons. The van der Waals surface area contributed by atoms with Gasteiger partial charge in [0.15, 0.2) is 5.96 Å². The van der Waals surface area contributed by atoms with Gasteiger partial charge in [-0.1, -0.05) is 13.0 Å². The zero-order chi connectivity index (χ0) is 20.0. The minimum absolute atomic E-state index is 0. The molecular weight excluding hydrogens is 475 g/mol. The van der Waals surface area contributed by atoms with E-state index < -0.39 is 17.7 Å². The lowest BCUT2D eigenvalue weighted by Crippen LogP contribution is -2.47. The first-order valence-electron chi connectivity index (χ1n) is 9.65. The molecule has 2 rings (SSSR count). The fourth-order valence-corrected chi connectivity index (χ4v) is 3.87. The van der Waals surface area contributed by atoms with Gasteiger partial charge in [0.2, 0.25) is 0 Å². The molecule has 1 saturated heterocycles. The van der Waals surface area contributed by atoms with Gasteiger partial charge in [-0.3, -0.25) is 9.89 Å². The lowest BCUT2D eigenvalue weighted by molar-refractivity contribution is 0.231. The fraction of sp³-hybridized carbons (Fsp3) is 0.650. The van der Waals surface area contributed by atoms with Crippen LogP contribution in [0.2, 0.25) is 0 Å². The number of guanidine groups is 1. The minimum atomic E-state index is -0.525. The molecular formula is C20H34F2IN5. The Morgan fingerprint density at radius 3 is 2.46 bits per heavy atom. The molecule has 0 aromatic heterocycles. The number of hydrogen-bond acceptors (Lipinski definition) is 3. The molecule has 0 spiro atoms. The molecule has 160 valence electrons. The summed E-state index contributed by atoms with van der Waals surface area (Å²) in [6, 6.07) is 4.08.